The Bertz CT molecular complexity index is 1960. The number of benzene rings is 3. The van der Waals surface area contributed by atoms with Crippen LogP contribution in [0.15, 0.2) is 82.6 Å². The molecule has 3 heterocycles. The van der Waals surface area contributed by atoms with Gasteiger partial charge < -0.3 is 10.1 Å². The maximum absolute atomic E-state index is 14.0. The molecule has 9 nitrogen and oxygen atoms in total. The summed E-state index contributed by atoms with van der Waals surface area (Å²) in [7, 11) is 0. The van der Waals surface area contributed by atoms with Crippen molar-refractivity contribution in [3.8, 4) is 0 Å². The van der Waals surface area contributed by atoms with Gasteiger partial charge in [0, 0.05) is 16.5 Å². The van der Waals surface area contributed by atoms with Gasteiger partial charge in [0.1, 0.15) is 17.6 Å². The quantitative estimate of drug-likeness (QED) is 0.151. The van der Waals surface area contributed by atoms with Crippen LogP contribution in [0.3, 0.4) is 0 Å². The highest BCUT2D eigenvalue weighted by Gasteiger charge is 2.56. The van der Waals surface area contributed by atoms with E-state index < -0.39 is 69.8 Å². The molecular weight excluding hydrogens is 662 g/mol. The molecule has 3 atom stereocenters. The molecule has 2 aliphatic rings. The number of aromatic nitrogens is 1. The van der Waals surface area contributed by atoms with Crippen LogP contribution in [0, 0.1) is 11.7 Å². The average Bonchev–Trinajstić information content (AvgIpc) is 3.47. The molecule has 0 bridgehead atoms. The number of carbonyl (C=O) groups excluding carboxylic acids is 4. The predicted octanol–water partition coefficient (Wildman–Crippen LogP) is 5.68. The van der Waals surface area contributed by atoms with Crippen molar-refractivity contribution < 1.29 is 41.5 Å². The first-order valence-corrected chi connectivity index (χ1v) is 15.8. The molecule has 3 aromatic carbocycles. The molecule has 0 radical (unpaired) electrons. The van der Waals surface area contributed by atoms with E-state index in [0.717, 1.165) is 50.8 Å². The van der Waals surface area contributed by atoms with Gasteiger partial charge in [-0.3, -0.25) is 23.7 Å². The van der Waals surface area contributed by atoms with E-state index in [4.69, 9.17) is 4.74 Å². The number of nitrogens with one attached hydrogen (secondary N) is 1. The number of rotatable bonds is 7. The molecule has 1 N–H and O–H groups in total. The molecule has 2 unspecified atom stereocenters. The molecule has 1 saturated heterocycles. The Kier molecular flexibility index (Phi) is 8.53. The molecule has 0 aliphatic carbocycles. The number of amides is 3. The van der Waals surface area contributed by atoms with Gasteiger partial charge in [0.2, 0.25) is 17.7 Å². The zero-order valence-electron chi connectivity index (χ0n) is 24.2. The van der Waals surface area contributed by atoms with E-state index in [1.807, 2.05) is 0 Å². The lowest BCUT2D eigenvalue weighted by Crippen LogP contribution is -2.33. The molecule has 2 aliphatic heterocycles. The molecule has 1 aromatic heterocycles. The van der Waals surface area contributed by atoms with Gasteiger partial charge in [-0.25, -0.2) is 14.1 Å². The normalized spacial score (nSPS) is 18.9. The highest BCUT2D eigenvalue weighted by atomic mass is 32.2. The number of imide groups is 1. The Balaban J connectivity index is 1.35. The first-order chi connectivity index (χ1) is 22.4. The maximum Gasteiger partial charge on any atom is 0.416 e. The summed E-state index contributed by atoms with van der Waals surface area (Å²) in [4.78, 5) is 67.1. The summed E-state index contributed by atoms with van der Waals surface area (Å²) >= 11 is 1.71. The second-order valence-electron chi connectivity index (χ2n) is 10.6. The van der Waals surface area contributed by atoms with Crippen molar-refractivity contribution in [1.29, 1.82) is 0 Å². The summed E-state index contributed by atoms with van der Waals surface area (Å²) in [5.41, 5.74) is -0.193. The van der Waals surface area contributed by atoms with Gasteiger partial charge >= 0.3 is 17.0 Å². The van der Waals surface area contributed by atoms with Crippen LogP contribution < -0.4 is 15.1 Å². The van der Waals surface area contributed by atoms with E-state index in [2.05, 4.69) is 5.32 Å². The van der Waals surface area contributed by atoms with E-state index in [-0.39, 0.29) is 28.6 Å². The number of alkyl halides is 3. The van der Waals surface area contributed by atoms with Crippen LogP contribution in [0.5, 0.6) is 0 Å². The van der Waals surface area contributed by atoms with Crippen molar-refractivity contribution in [3.05, 3.63) is 110 Å². The Labute approximate surface area is 272 Å². The average molecular weight is 686 g/mol. The Morgan fingerprint density at radius 2 is 1.66 bits per heavy atom. The third-order valence-electron chi connectivity index (χ3n) is 7.69. The first kappa shape index (κ1) is 32.2. The van der Waals surface area contributed by atoms with Crippen molar-refractivity contribution in [3.63, 3.8) is 0 Å². The molecular formula is C32H23F4N3O6S2. The van der Waals surface area contributed by atoms with Crippen LogP contribution in [0.2, 0.25) is 0 Å². The summed E-state index contributed by atoms with van der Waals surface area (Å²) in [6, 6.07) is 15.1. The lowest BCUT2D eigenvalue weighted by atomic mass is 9.83. The fraction of sp³-hybridized carbons (Fsp3) is 0.219. The standard InChI is InChI=1S/C32H23F4N3O6S2/c1-2-45-30(43)17-8-12-21(13-9-17)39-27(41)24-23(16-6-10-19(33)11-7-16)26-29(46-25(24)28(39)42)38(31(44)47-26)15-22(40)37-20-5-3-4-18(14-20)32(34,35)36/h3-14,23-25H,2,15H2,1H3,(H,37,40)/t23-,24?,25?/m1/s1. The molecule has 6 rings (SSSR count). The van der Waals surface area contributed by atoms with Gasteiger partial charge in [-0.15, -0.1) is 0 Å². The fourth-order valence-corrected chi connectivity index (χ4v) is 8.39. The molecule has 0 saturated carbocycles. The lowest BCUT2D eigenvalue weighted by molar-refractivity contribution is -0.137. The van der Waals surface area contributed by atoms with Crippen molar-refractivity contribution in [2.75, 3.05) is 16.8 Å². The van der Waals surface area contributed by atoms with Crippen molar-refractivity contribution in [1.82, 2.24) is 4.57 Å². The van der Waals surface area contributed by atoms with E-state index >= 15 is 0 Å². The number of ether oxygens (including phenoxy) is 1. The third-order valence-corrected chi connectivity index (χ3v) is 10.3. The molecule has 47 heavy (non-hydrogen) atoms. The third kappa shape index (κ3) is 6.07. The Morgan fingerprint density at radius 1 is 0.957 bits per heavy atom. The smallest absolute Gasteiger partial charge is 0.416 e. The number of nitrogens with zero attached hydrogens (tertiary/aromatic N) is 2. The van der Waals surface area contributed by atoms with E-state index in [9.17, 15) is 41.5 Å². The van der Waals surface area contributed by atoms with E-state index in [1.165, 1.54) is 54.6 Å². The zero-order valence-corrected chi connectivity index (χ0v) is 25.9. The lowest BCUT2D eigenvalue weighted by Gasteiger charge is -2.30. The van der Waals surface area contributed by atoms with Crippen LogP contribution in [-0.4, -0.2) is 40.1 Å². The molecule has 3 amide bonds. The number of esters is 1. The van der Waals surface area contributed by atoms with Crippen molar-refractivity contribution in [2.24, 2.45) is 5.92 Å². The van der Waals surface area contributed by atoms with Crippen molar-refractivity contribution in [2.45, 2.75) is 35.8 Å². The highest BCUT2D eigenvalue weighted by molar-refractivity contribution is 8.00. The number of fused-ring (bicyclic) bond motifs is 2. The van der Waals surface area contributed by atoms with Gasteiger partial charge in [0.15, 0.2) is 0 Å². The number of anilines is 2. The van der Waals surface area contributed by atoms with Crippen LogP contribution in [-0.2, 0) is 31.8 Å². The number of hydrogen-bond acceptors (Lipinski definition) is 8. The minimum atomic E-state index is -4.63. The summed E-state index contributed by atoms with van der Waals surface area (Å²) in [6.07, 6.45) is -4.63. The molecule has 242 valence electrons. The van der Waals surface area contributed by atoms with Gasteiger partial charge in [-0.1, -0.05) is 41.3 Å². The largest absolute Gasteiger partial charge is 0.462 e. The van der Waals surface area contributed by atoms with Crippen LogP contribution >= 0.6 is 23.1 Å². The second kappa shape index (κ2) is 12.4. The number of thiazole rings is 1. The maximum atomic E-state index is 14.0. The minimum absolute atomic E-state index is 0.125. The summed E-state index contributed by atoms with van der Waals surface area (Å²) in [5.74, 6) is -4.91. The fourth-order valence-electron chi connectivity index (χ4n) is 5.62. The van der Waals surface area contributed by atoms with Crippen molar-refractivity contribution >= 4 is 58.2 Å². The molecule has 15 heteroatoms. The molecule has 0 spiro atoms. The number of halogens is 4. The van der Waals surface area contributed by atoms with Gasteiger partial charge in [-0.05, 0) is 67.1 Å². The van der Waals surface area contributed by atoms with Crippen LogP contribution in [0.1, 0.15) is 39.2 Å². The van der Waals surface area contributed by atoms with E-state index in [0.29, 0.717) is 10.4 Å². The monoisotopic (exact) mass is 685 g/mol. The van der Waals surface area contributed by atoms with Gasteiger partial charge in [-0.2, -0.15) is 13.2 Å². The Morgan fingerprint density at radius 3 is 2.32 bits per heavy atom. The minimum Gasteiger partial charge on any atom is -0.462 e. The Hall–Kier alpha value is -4.76. The second-order valence-corrected chi connectivity index (χ2v) is 12.7. The number of hydrogen-bond donors (Lipinski definition) is 1. The number of thioether (sulfide) groups is 1. The molecule has 4 aromatic rings. The van der Waals surface area contributed by atoms with Gasteiger partial charge in [0.05, 0.1) is 34.4 Å². The van der Waals surface area contributed by atoms with Gasteiger partial charge in [0.25, 0.3) is 0 Å². The van der Waals surface area contributed by atoms with Crippen LogP contribution in [0.4, 0.5) is 28.9 Å². The topological polar surface area (TPSA) is 115 Å². The summed E-state index contributed by atoms with van der Waals surface area (Å²) < 4.78 is 59.6. The zero-order chi connectivity index (χ0) is 33.6. The van der Waals surface area contributed by atoms with Crippen LogP contribution in [0.25, 0.3) is 0 Å². The first-order valence-electron chi connectivity index (χ1n) is 14.1. The number of carbonyl (C=O) groups is 4. The molecule has 1 fully saturated rings. The highest BCUT2D eigenvalue weighted by Crippen LogP contribution is 2.54. The SMILES string of the molecule is CCOC(=O)c1ccc(N2C(=O)C3Sc4c(sc(=O)n4CC(=O)Nc4cccc(C(F)(F)F)c4)[C@H](c4ccc(F)cc4)C3C2=O)cc1. The van der Waals surface area contributed by atoms with E-state index in [1.54, 1.807) is 6.92 Å². The summed E-state index contributed by atoms with van der Waals surface area (Å²) in [6.45, 7) is 1.24. The summed E-state index contributed by atoms with van der Waals surface area (Å²) in [5, 5.41) is 1.59. The predicted molar refractivity (Wildman–Crippen MR) is 165 cm³/mol.